The smallest absolute Gasteiger partial charge is 0.673 e. The van der Waals surface area contributed by atoms with Crippen molar-refractivity contribution in [3.05, 3.63) is 142 Å². The quantitative estimate of drug-likeness (QED) is 0.152. The van der Waals surface area contributed by atoms with Gasteiger partial charge in [0.1, 0.15) is 0 Å². The maximum atomic E-state index is 6.63. The van der Waals surface area contributed by atoms with E-state index < -0.39 is 0 Å². The van der Waals surface area contributed by atoms with Gasteiger partial charge in [0, 0.05) is 10.7 Å². The first kappa shape index (κ1) is 34.7. The van der Waals surface area contributed by atoms with Crippen LogP contribution in [0.5, 0.6) is 0 Å². The molecule has 4 heteroatoms. The van der Waals surface area contributed by atoms with Crippen molar-refractivity contribution in [2.24, 2.45) is 0 Å². The fourth-order valence-electron chi connectivity index (χ4n) is 5.50. The Kier molecular flexibility index (Phi) is 12.8. The van der Waals surface area contributed by atoms with Gasteiger partial charge in [-0.1, -0.05) is 136 Å². The molecule has 0 radical (unpaired) electrons. The summed E-state index contributed by atoms with van der Waals surface area (Å²) in [5, 5.41) is 8.68. The molecule has 0 bridgehead atoms. The Bertz CT molecular complexity index is 1610. The number of hydrogen-bond acceptors (Lipinski definition) is 1. The number of halogens is 1. The third-order valence-corrected chi connectivity index (χ3v) is 7.79. The largest absolute Gasteiger partial charge is 2.00 e. The minimum Gasteiger partial charge on any atom is -0.673 e. The number of nitrogens with zero attached hydrogens (tertiary/aromatic N) is 2. The van der Waals surface area contributed by atoms with E-state index in [0.717, 1.165) is 33.0 Å². The zero-order valence-electron chi connectivity index (χ0n) is 26.4. The molecule has 1 heterocycles. The van der Waals surface area contributed by atoms with Crippen LogP contribution in [0.25, 0.3) is 27.3 Å². The van der Waals surface area contributed by atoms with Crippen LogP contribution in [-0.2, 0) is 26.2 Å². The van der Waals surface area contributed by atoms with Crippen LogP contribution < -0.4 is 0 Å². The normalized spacial score (nSPS) is 11.7. The van der Waals surface area contributed by atoms with E-state index in [0.29, 0.717) is 5.92 Å². The number of hydrogen-bond donors (Lipinski definition) is 0. The van der Waals surface area contributed by atoms with Gasteiger partial charge in [-0.15, -0.1) is 34.8 Å². The summed E-state index contributed by atoms with van der Waals surface area (Å²) in [6.07, 6.45) is 0. The zero-order valence-corrected chi connectivity index (χ0v) is 29.7. The second kappa shape index (κ2) is 15.8. The van der Waals surface area contributed by atoms with Gasteiger partial charge in [-0.3, -0.25) is 0 Å². The molecular weight excluding hydrogens is 623 g/mol. The third-order valence-electron chi connectivity index (χ3n) is 7.58. The minimum absolute atomic E-state index is 0. The van der Waals surface area contributed by atoms with E-state index in [1.54, 1.807) is 6.92 Å². The molecule has 0 saturated carbocycles. The Hall–Kier alpha value is -2.74. The Morgan fingerprint density at radius 1 is 0.698 bits per heavy atom. The Balaban J connectivity index is 0.00000165. The van der Waals surface area contributed by atoms with Crippen LogP contribution in [0.3, 0.4) is 0 Å². The van der Waals surface area contributed by atoms with Crippen LogP contribution in [0, 0.1) is 13.0 Å². The third kappa shape index (κ3) is 7.86. The van der Waals surface area contributed by atoms with E-state index in [2.05, 4.69) is 139 Å². The summed E-state index contributed by atoms with van der Waals surface area (Å²) in [6.45, 7) is 18.3. The van der Waals surface area contributed by atoms with Crippen molar-refractivity contribution in [3.8, 4) is 11.3 Å². The molecule has 1 aromatic heterocycles. The average Bonchev–Trinajstić information content (AvgIpc) is 3.00. The monoisotopic (exact) mass is 663 g/mol. The van der Waals surface area contributed by atoms with Gasteiger partial charge in [0.25, 0.3) is 0 Å². The summed E-state index contributed by atoms with van der Waals surface area (Å²) in [6, 6.07) is 34.8. The molecule has 0 aliphatic heterocycles. The first-order valence-corrected chi connectivity index (χ1v) is 15.3. The predicted octanol–water partition coefficient (Wildman–Crippen LogP) is 12.4. The Labute approximate surface area is 283 Å². The molecule has 4 aromatic carbocycles. The molecule has 5 aromatic rings. The molecule has 220 valence electrons. The van der Waals surface area contributed by atoms with E-state index in [9.17, 15) is 0 Å². The first-order chi connectivity index (χ1) is 20.2. The van der Waals surface area contributed by atoms with E-state index >= 15 is 0 Å². The minimum atomic E-state index is -0.273. The van der Waals surface area contributed by atoms with E-state index in [4.69, 9.17) is 21.9 Å². The molecule has 0 N–H and O–H groups in total. The molecule has 0 fully saturated rings. The zero-order chi connectivity index (χ0) is 30.4. The molecule has 43 heavy (non-hydrogen) atoms. The molecule has 0 saturated heterocycles. The van der Waals surface area contributed by atoms with Crippen LogP contribution >= 0.6 is 11.6 Å². The topological polar surface area (TPSA) is 27.0 Å². The van der Waals surface area contributed by atoms with Gasteiger partial charge >= 0.3 is 26.2 Å². The second-order valence-corrected chi connectivity index (χ2v) is 11.9. The van der Waals surface area contributed by atoms with Gasteiger partial charge in [-0.05, 0) is 53.3 Å². The van der Waals surface area contributed by atoms with Gasteiger partial charge in [-0.2, -0.15) is 6.92 Å². The van der Waals surface area contributed by atoms with Crippen molar-refractivity contribution in [1.29, 1.82) is 0 Å². The van der Waals surface area contributed by atoms with Crippen molar-refractivity contribution < 1.29 is 26.2 Å². The predicted molar refractivity (Wildman–Crippen MR) is 182 cm³/mol. The van der Waals surface area contributed by atoms with Gasteiger partial charge < -0.3 is 17.2 Å². The van der Waals surface area contributed by atoms with E-state index in [-0.39, 0.29) is 44.1 Å². The number of aromatic nitrogens is 1. The molecule has 0 aliphatic rings. The summed E-state index contributed by atoms with van der Waals surface area (Å²) >= 11 is 6.63. The fourth-order valence-corrected chi connectivity index (χ4v) is 5.73. The molecule has 1 unspecified atom stereocenters. The Morgan fingerprint density at radius 3 is 1.91 bits per heavy atom. The van der Waals surface area contributed by atoms with Gasteiger partial charge in [0.15, 0.2) is 0 Å². The summed E-state index contributed by atoms with van der Waals surface area (Å²) in [5.41, 5.74) is 8.67. The van der Waals surface area contributed by atoms with Crippen LogP contribution in [-0.4, -0.2) is 4.98 Å². The van der Waals surface area contributed by atoms with Crippen molar-refractivity contribution in [2.75, 3.05) is 0 Å². The number of rotatable bonds is 8. The first-order valence-electron chi connectivity index (χ1n) is 14.9. The molecular formula is C39H42ClN2Zr-. The second-order valence-electron chi connectivity index (χ2n) is 11.4. The molecule has 0 spiro atoms. The maximum absolute atomic E-state index is 6.63. The SMILES string of the molecule is CC(C)c1ccccc1C([N-]c1c(C(C)C)cc(Cl)cc1C(C)C)c1cccc(-c2[c-]ccc3ccccc23)n1.[CH2-]C.[Zr+2]. The fraction of sp³-hybridized carbons (Fsp3) is 0.282. The van der Waals surface area contributed by atoms with Crippen LogP contribution in [0.2, 0.25) is 5.02 Å². The molecule has 5 rings (SSSR count). The molecule has 1 atom stereocenters. The molecule has 2 nitrogen and oxygen atoms in total. The Morgan fingerprint density at radius 2 is 1.28 bits per heavy atom. The summed E-state index contributed by atoms with van der Waals surface area (Å²) in [5.74, 6) is 0.906. The number of pyridine rings is 1. The van der Waals surface area contributed by atoms with Crippen molar-refractivity contribution in [1.82, 2.24) is 4.98 Å². The van der Waals surface area contributed by atoms with Crippen LogP contribution in [0.4, 0.5) is 5.69 Å². The van der Waals surface area contributed by atoms with Gasteiger partial charge in [0.2, 0.25) is 0 Å². The van der Waals surface area contributed by atoms with Crippen molar-refractivity contribution >= 4 is 28.1 Å². The summed E-state index contributed by atoms with van der Waals surface area (Å²) < 4.78 is 0. The standard InChI is InChI=1S/C37H37ClN2.C2H5.Zr/c1-23(2)28-15-9-10-17-31(28)37(40-36-32(24(3)4)21-27(38)22-33(36)25(5)6)35-20-12-19-34(39-35)30-18-11-14-26-13-7-8-16-29(26)30;1-2;/h7-17,19-25,37H,1-6H3;1H2,2H3;/q-2;-1;+2. The molecule has 0 amide bonds. The van der Waals surface area contributed by atoms with E-state index in [1.807, 2.05) is 6.07 Å². The average molecular weight is 665 g/mol. The summed E-state index contributed by atoms with van der Waals surface area (Å²) in [4.78, 5) is 5.28. The van der Waals surface area contributed by atoms with Gasteiger partial charge in [0.05, 0.1) is 0 Å². The molecule has 0 aliphatic carbocycles. The number of benzene rings is 4. The van der Waals surface area contributed by atoms with Crippen molar-refractivity contribution in [2.45, 2.75) is 72.3 Å². The van der Waals surface area contributed by atoms with Crippen LogP contribution in [0.1, 0.15) is 100 Å². The number of fused-ring (bicyclic) bond motifs is 1. The van der Waals surface area contributed by atoms with Crippen LogP contribution in [0.15, 0.2) is 91.0 Å². The summed E-state index contributed by atoms with van der Waals surface area (Å²) in [7, 11) is 0. The van der Waals surface area contributed by atoms with Crippen molar-refractivity contribution in [3.63, 3.8) is 0 Å². The van der Waals surface area contributed by atoms with Gasteiger partial charge in [-0.25, -0.2) is 0 Å². The maximum Gasteiger partial charge on any atom is 2.00 e. The van der Waals surface area contributed by atoms with E-state index in [1.165, 1.54) is 27.6 Å².